The van der Waals surface area contributed by atoms with E-state index in [2.05, 4.69) is 39.0 Å². The van der Waals surface area contributed by atoms with E-state index in [0.717, 1.165) is 5.57 Å². The van der Waals surface area contributed by atoms with E-state index in [9.17, 15) is 0 Å². The molecule has 0 fully saturated rings. The quantitative estimate of drug-likeness (QED) is 0.746. The first-order valence-electron chi connectivity index (χ1n) is 7.60. The molecule has 0 aliphatic carbocycles. The van der Waals surface area contributed by atoms with Crippen molar-refractivity contribution in [2.24, 2.45) is 11.8 Å². The predicted molar refractivity (Wildman–Crippen MR) is 83.9 cm³/mol. The van der Waals surface area contributed by atoms with Crippen molar-refractivity contribution in [3.63, 3.8) is 0 Å². The van der Waals surface area contributed by atoms with Gasteiger partial charge in [-0.05, 0) is 18.1 Å². The number of hydrogen-bond donors (Lipinski definition) is 0. The van der Waals surface area contributed by atoms with Crippen LogP contribution in [0.4, 0.5) is 0 Å². The Bertz CT molecular complexity index is 455. The molecular formula is C18H26O3. The second-order valence-electron chi connectivity index (χ2n) is 5.92. The Morgan fingerprint density at radius 1 is 1.24 bits per heavy atom. The first-order valence-corrected chi connectivity index (χ1v) is 7.60. The zero-order chi connectivity index (χ0) is 15.2. The highest BCUT2D eigenvalue weighted by molar-refractivity contribution is 5.13. The van der Waals surface area contributed by atoms with Crippen molar-refractivity contribution in [1.29, 1.82) is 0 Å². The molecule has 0 amide bonds. The molecule has 2 rings (SSSR count). The van der Waals surface area contributed by atoms with Gasteiger partial charge >= 0.3 is 0 Å². The van der Waals surface area contributed by atoms with Gasteiger partial charge in [-0.3, -0.25) is 0 Å². The summed E-state index contributed by atoms with van der Waals surface area (Å²) in [5.74, 6) is 0.706. The van der Waals surface area contributed by atoms with Crippen LogP contribution in [0.15, 0.2) is 42.0 Å². The summed E-state index contributed by atoms with van der Waals surface area (Å²) in [5, 5.41) is 0. The molecule has 3 nitrogen and oxygen atoms in total. The van der Waals surface area contributed by atoms with Gasteiger partial charge in [-0.15, -0.1) is 0 Å². The molecule has 1 aliphatic rings. The summed E-state index contributed by atoms with van der Waals surface area (Å²) >= 11 is 0. The lowest BCUT2D eigenvalue weighted by Crippen LogP contribution is -2.39. The van der Waals surface area contributed by atoms with Crippen molar-refractivity contribution in [2.75, 3.05) is 13.7 Å². The Morgan fingerprint density at radius 3 is 2.62 bits per heavy atom. The number of rotatable bonds is 6. The fourth-order valence-electron chi connectivity index (χ4n) is 2.89. The summed E-state index contributed by atoms with van der Waals surface area (Å²) in [6.45, 7) is 7.75. The van der Waals surface area contributed by atoms with Crippen LogP contribution in [0.1, 0.15) is 26.3 Å². The van der Waals surface area contributed by atoms with Gasteiger partial charge in [0.1, 0.15) is 0 Å². The largest absolute Gasteiger partial charge is 0.376 e. The molecule has 3 heteroatoms. The molecule has 0 spiro atoms. The lowest BCUT2D eigenvalue weighted by atomic mass is 9.90. The number of hydrogen-bond acceptors (Lipinski definition) is 3. The van der Waals surface area contributed by atoms with Gasteiger partial charge in [-0.25, -0.2) is 0 Å². The van der Waals surface area contributed by atoms with Crippen LogP contribution >= 0.6 is 0 Å². The topological polar surface area (TPSA) is 27.7 Å². The molecule has 0 N–H and O–H groups in total. The van der Waals surface area contributed by atoms with E-state index in [0.29, 0.717) is 25.0 Å². The molecule has 0 saturated carbocycles. The number of ether oxygens (including phenoxy) is 3. The first-order chi connectivity index (χ1) is 10.1. The van der Waals surface area contributed by atoms with Gasteiger partial charge in [-0.2, -0.15) is 0 Å². The Labute approximate surface area is 127 Å². The van der Waals surface area contributed by atoms with Crippen LogP contribution in [0.2, 0.25) is 0 Å². The molecule has 1 aromatic carbocycles. The van der Waals surface area contributed by atoms with Crippen molar-refractivity contribution in [3.8, 4) is 0 Å². The van der Waals surface area contributed by atoms with Crippen molar-refractivity contribution in [3.05, 3.63) is 47.5 Å². The predicted octanol–water partition coefficient (Wildman–Crippen LogP) is 3.79. The maximum atomic E-state index is 6.05. The summed E-state index contributed by atoms with van der Waals surface area (Å²) in [7, 11) is 1.69. The fraction of sp³-hybridized carbons (Fsp3) is 0.556. The molecule has 4 unspecified atom stereocenters. The molecule has 4 atom stereocenters. The second kappa shape index (κ2) is 7.74. The standard InChI is InChI=1S/C18H26O3/c1-13-10-14(2)18(19-4)21-17(13)15(3)11-20-12-16-8-6-5-7-9-16/h5-10,13,15,17-18H,11-12H2,1-4H3. The van der Waals surface area contributed by atoms with E-state index < -0.39 is 0 Å². The lowest BCUT2D eigenvalue weighted by Gasteiger charge is -2.36. The highest BCUT2D eigenvalue weighted by atomic mass is 16.7. The number of methoxy groups -OCH3 is 1. The van der Waals surface area contributed by atoms with Crippen LogP contribution in [-0.4, -0.2) is 26.1 Å². The Kier molecular flexibility index (Phi) is 5.97. The molecule has 0 radical (unpaired) electrons. The monoisotopic (exact) mass is 290 g/mol. The fourth-order valence-corrected chi connectivity index (χ4v) is 2.89. The summed E-state index contributed by atoms with van der Waals surface area (Å²) in [4.78, 5) is 0. The Balaban J connectivity index is 1.84. The highest BCUT2D eigenvalue weighted by Crippen LogP contribution is 2.29. The van der Waals surface area contributed by atoms with Gasteiger partial charge in [0.25, 0.3) is 0 Å². The van der Waals surface area contributed by atoms with Crippen molar-refractivity contribution in [1.82, 2.24) is 0 Å². The average molecular weight is 290 g/mol. The molecule has 1 aliphatic heterocycles. The molecule has 0 saturated heterocycles. The SMILES string of the molecule is COC1OC(C(C)COCc2ccccc2)C(C)C=C1C. The van der Waals surface area contributed by atoms with Gasteiger partial charge in [0.2, 0.25) is 0 Å². The van der Waals surface area contributed by atoms with E-state index in [4.69, 9.17) is 14.2 Å². The highest BCUT2D eigenvalue weighted by Gasteiger charge is 2.31. The van der Waals surface area contributed by atoms with E-state index in [1.165, 1.54) is 5.56 Å². The second-order valence-corrected chi connectivity index (χ2v) is 5.92. The van der Waals surface area contributed by atoms with Crippen LogP contribution in [0.3, 0.4) is 0 Å². The van der Waals surface area contributed by atoms with Gasteiger partial charge in [-0.1, -0.05) is 50.3 Å². The molecule has 21 heavy (non-hydrogen) atoms. The first kappa shape index (κ1) is 16.2. The molecule has 0 aromatic heterocycles. The van der Waals surface area contributed by atoms with E-state index in [-0.39, 0.29) is 12.4 Å². The third-order valence-corrected chi connectivity index (χ3v) is 3.96. The maximum absolute atomic E-state index is 6.05. The van der Waals surface area contributed by atoms with Crippen LogP contribution in [0.5, 0.6) is 0 Å². The molecule has 1 aromatic rings. The summed E-state index contributed by atoms with van der Waals surface area (Å²) in [5.41, 5.74) is 2.35. The number of benzene rings is 1. The minimum Gasteiger partial charge on any atom is -0.376 e. The minimum atomic E-state index is -0.220. The van der Waals surface area contributed by atoms with Gasteiger partial charge in [0.15, 0.2) is 6.29 Å². The summed E-state index contributed by atoms with van der Waals surface area (Å²) < 4.78 is 17.3. The van der Waals surface area contributed by atoms with Crippen LogP contribution < -0.4 is 0 Å². The third kappa shape index (κ3) is 4.40. The van der Waals surface area contributed by atoms with Crippen molar-refractivity contribution in [2.45, 2.75) is 39.8 Å². The van der Waals surface area contributed by atoms with E-state index >= 15 is 0 Å². The van der Waals surface area contributed by atoms with Gasteiger partial charge in [0.05, 0.1) is 19.3 Å². The summed E-state index contributed by atoms with van der Waals surface area (Å²) in [6, 6.07) is 10.2. The zero-order valence-electron chi connectivity index (χ0n) is 13.4. The van der Waals surface area contributed by atoms with Crippen LogP contribution in [-0.2, 0) is 20.8 Å². The van der Waals surface area contributed by atoms with E-state index in [1.54, 1.807) is 7.11 Å². The third-order valence-electron chi connectivity index (χ3n) is 3.96. The van der Waals surface area contributed by atoms with E-state index in [1.807, 2.05) is 18.2 Å². The lowest BCUT2D eigenvalue weighted by molar-refractivity contribution is -0.170. The Morgan fingerprint density at radius 2 is 1.95 bits per heavy atom. The average Bonchev–Trinajstić information content (AvgIpc) is 2.48. The Hall–Kier alpha value is -1.16. The van der Waals surface area contributed by atoms with Crippen LogP contribution in [0, 0.1) is 11.8 Å². The van der Waals surface area contributed by atoms with Crippen LogP contribution in [0.25, 0.3) is 0 Å². The van der Waals surface area contributed by atoms with Crippen molar-refractivity contribution < 1.29 is 14.2 Å². The maximum Gasteiger partial charge on any atom is 0.179 e. The molecule has 116 valence electrons. The molecular weight excluding hydrogens is 264 g/mol. The smallest absolute Gasteiger partial charge is 0.179 e. The minimum absolute atomic E-state index is 0.134. The van der Waals surface area contributed by atoms with Gasteiger partial charge in [0, 0.05) is 18.9 Å². The normalized spacial score (nSPS) is 27.2. The summed E-state index contributed by atoms with van der Waals surface area (Å²) in [6.07, 6.45) is 2.16. The van der Waals surface area contributed by atoms with Gasteiger partial charge < -0.3 is 14.2 Å². The molecule has 0 bridgehead atoms. The molecule has 1 heterocycles. The van der Waals surface area contributed by atoms with Crippen molar-refractivity contribution >= 4 is 0 Å². The zero-order valence-corrected chi connectivity index (χ0v) is 13.4.